The van der Waals surface area contributed by atoms with Gasteiger partial charge in [-0.2, -0.15) is 0 Å². The van der Waals surface area contributed by atoms with E-state index in [0.717, 1.165) is 5.56 Å². The molecule has 5 heteroatoms. The monoisotopic (exact) mass is 306 g/mol. The lowest BCUT2D eigenvalue weighted by Gasteiger charge is -2.32. The fraction of sp³-hybridized carbons (Fsp3) is 0.571. The molecule has 0 saturated heterocycles. The van der Waals surface area contributed by atoms with E-state index < -0.39 is 5.97 Å². The van der Waals surface area contributed by atoms with Gasteiger partial charge in [0, 0.05) is 19.8 Å². The van der Waals surface area contributed by atoms with Crippen molar-refractivity contribution in [2.24, 2.45) is 0 Å². The zero-order valence-corrected chi connectivity index (χ0v) is 13.1. The largest absolute Gasteiger partial charge is 0.327 e. The molecule has 1 aromatic carbocycles. The summed E-state index contributed by atoms with van der Waals surface area (Å²) in [7, 11) is 0. The molecule has 0 radical (unpaired) electrons. The third-order valence-corrected chi connectivity index (χ3v) is 3.24. The Hall–Kier alpha value is -0.320. The maximum absolute atomic E-state index is 6.02. The Morgan fingerprint density at radius 1 is 0.895 bits per heavy atom. The van der Waals surface area contributed by atoms with E-state index in [0.29, 0.717) is 36.3 Å². The normalized spacial score (nSPS) is 11.8. The molecular formula is C14H20Cl2O3. The molecule has 0 aliphatic heterocycles. The van der Waals surface area contributed by atoms with Crippen LogP contribution in [0.5, 0.6) is 0 Å². The number of ether oxygens (including phenoxy) is 3. The van der Waals surface area contributed by atoms with E-state index in [2.05, 4.69) is 0 Å². The molecule has 0 fully saturated rings. The molecule has 0 aromatic heterocycles. The molecule has 0 bridgehead atoms. The van der Waals surface area contributed by atoms with Crippen LogP contribution in [0.15, 0.2) is 18.2 Å². The zero-order chi connectivity index (χ0) is 14.3. The van der Waals surface area contributed by atoms with E-state index in [1.54, 1.807) is 12.1 Å². The highest BCUT2D eigenvalue weighted by Gasteiger charge is 2.33. The fourth-order valence-electron chi connectivity index (χ4n) is 1.84. The highest BCUT2D eigenvalue weighted by atomic mass is 35.5. The van der Waals surface area contributed by atoms with E-state index in [9.17, 15) is 0 Å². The number of benzene rings is 1. The maximum Gasteiger partial charge on any atom is 0.287 e. The third kappa shape index (κ3) is 4.93. The van der Waals surface area contributed by atoms with Gasteiger partial charge in [0.05, 0.1) is 16.5 Å². The van der Waals surface area contributed by atoms with E-state index in [4.69, 9.17) is 37.4 Å². The van der Waals surface area contributed by atoms with Gasteiger partial charge in [-0.15, -0.1) is 0 Å². The maximum atomic E-state index is 6.02. The second-order valence-electron chi connectivity index (χ2n) is 3.91. The molecule has 0 spiro atoms. The van der Waals surface area contributed by atoms with Crippen LogP contribution in [0.2, 0.25) is 10.0 Å². The van der Waals surface area contributed by atoms with Crippen LogP contribution >= 0.6 is 23.2 Å². The molecule has 0 amide bonds. The van der Waals surface area contributed by atoms with Crippen LogP contribution < -0.4 is 0 Å². The van der Waals surface area contributed by atoms with Gasteiger partial charge >= 0.3 is 0 Å². The number of halogens is 2. The summed E-state index contributed by atoms with van der Waals surface area (Å²) in [5, 5.41) is 1.04. The van der Waals surface area contributed by atoms with Crippen molar-refractivity contribution in [2.75, 3.05) is 19.8 Å². The lowest BCUT2D eigenvalue weighted by Crippen LogP contribution is -2.41. The summed E-state index contributed by atoms with van der Waals surface area (Å²) in [4.78, 5) is 0. The van der Waals surface area contributed by atoms with Gasteiger partial charge in [-0.25, -0.2) is 0 Å². The molecule has 0 atom stereocenters. The first-order valence-electron chi connectivity index (χ1n) is 6.42. The molecule has 0 saturated carbocycles. The van der Waals surface area contributed by atoms with Crippen molar-refractivity contribution in [1.29, 1.82) is 0 Å². The summed E-state index contributed by atoms with van der Waals surface area (Å²) in [6.45, 7) is 7.22. The highest BCUT2D eigenvalue weighted by Crippen LogP contribution is 2.27. The van der Waals surface area contributed by atoms with Gasteiger partial charge < -0.3 is 14.2 Å². The van der Waals surface area contributed by atoms with Gasteiger partial charge in [-0.05, 0) is 38.5 Å². The first-order valence-corrected chi connectivity index (χ1v) is 7.18. The van der Waals surface area contributed by atoms with Crippen LogP contribution in [0.1, 0.15) is 26.3 Å². The molecule has 0 N–H and O–H groups in total. The van der Waals surface area contributed by atoms with Crippen molar-refractivity contribution in [3.8, 4) is 0 Å². The van der Waals surface area contributed by atoms with Crippen LogP contribution in [-0.4, -0.2) is 25.8 Å². The molecule has 3 nitrogen and oxygen atoms in total. The summed E-state index contributed by atoms with van der Waals surface area (Å²) in [6, 6.07) is 5.45. The highest BCUT2D eigenvalue weighted by molar-refractivity contribution is 6.42. The summed E-state index contributed by atoms with van der Waals surface area (Å²) in [5.41, 5.74) is 0.949. The predicted octanol–water partition coefficient (Wildman–Crippen LogP) is 4.30. The van der Waals surface area contributed by atoms with Crippen molar-refractivity contribution in [3.05, 3.63) is 33.8 Å². The summed E-state index contributed by atoms with van der Waals surface area (Å²) >= 11 is 11.9. The van der Waals surface area contributed by atoms with Gasteiger partial charge in [0.2, 0.25) is 0 Å². The van der Waals surface area contributed by atoms with Crippen molar-refractivity contribution >= 4 is 23.2 Å². The predicted molar refractivity (Wildman–Crippen MR) is 77.8 cm³/mol. The smallest absolute Gasteiger partial charge is 0.287 e. The lowest BCUT2D eigenvalue weighted by atomic mass is 10.1. The van der Waals surface area contributed by atoms with Crippen LogP contribution in [0.4, 0.5) is 0 Å². The van der Waals surface area contributed by atoms with E-state index in [1.165, 1.54) is 0 Å². The molecule has 108 valence electrons. The Bertz CT molecular complexity index is 379. The first-order chi connectivity index (χ1) is 9.06. The van der Waals surface area contributed by atoms with Gasteiger partial charge in [0.15, 0.2) is 0 Å². The average molecular weight is 307 g/mol. The van der Waals surface area contributed by atoms with E-state index in [-0.39, 0.29) is 0 Å². The van der Waals surface area contributed by atoms with Crippen molar-refractivity contribution < 1.29 is 14.2 Å². The van der Waals surface area contributed by atoms with Crippen LogP contribution in [-0.2, 0) is 20.6 Å². The first kappa shape index (κ1) is 16.7. The Balaban J connectivity index is 2.93. The Labute approximate surface area is 124 Å². The fourth-order valence-corrected chi connectivity index (χ4v) is 2.16. The third-order valence-electron chi connectivity index (χ3n) is 2.50. The Kier molecular flexibility index (Phi) is 7.11. The van der Waals surface area contributed by atoms with Crippen LogP contribution in [0, 0.1) is 0 Å². The minimum Gasteiger partial charge on any atom is -0.327 e. The Morgan fingerprint density at radius 3 is 1.84 bits per heavy atom. The van der Waals surface area contributed by atoms with Gasteiger partial charge in [0.25, 0.3) is 5.97 Å². The van der Waals surface area contributed by atoms with Gasteiger partial charge in [0.1, 0.15) is 0 Å². The standard InChI is InChI=1S/C14H20Cl2O3/c1-4-17-14(18-5-2,19-6-3)10-11-7-8-12(15)13(16)9-11/h7-9H,4-6,10H2,1-3H3. The molecule has 0 unspecified atom stereocenters. The van der Waals surface area contributed by atoms with Crippen LogP contribution in [0.3, 0.4) is 0 Å². The molecule has 1 aromatic rings. The average Bonchev–Trinajstić information content (AvgIpc) is 2.35. The minimum atomic E-state index is -1.06. The van der Waals surface area contributed by atoms with Crippen LogP contribution in [0.25, 0.3) is 0 Å². The van der Waals surface area contributed by atoms with Gasteiger partial charge in [-0.1, -0.05) is 29.3 Å². The van der Waals surface area contributed by atoms with E-state index in [1.807, 2.05) is 26.8 Å². The Morgan fingerprint density at radius 2 is 1.42 bits per heavy atom. The van der Waals surface area contributed by atoms with Crippen molar-refractivity contribution in [2.45, 2.75) is 33.2 Å². The lowest BCUT2D eigenvalue weighted by molar-refractivity contribution is -0.376. The van der Waals surface area contributed by atoms with Crippen molar-refractivity contribution in [1.82, 2.24) is 0 Å². The number of hydrogen-bond donors (Lipinski definition) is 0. The second kappa shape index (κ2) is 8.08. The summed E-state index contributed by atoms with van der Waals surface area (Å²) < 4.78 is 17.0. The molecule has 0 heterocycles. The zero-order valence-electron chi connectivity index (χ0n) is 11.5. The van der Waals surface area contributed by atoms with Gasteiger partial charge in [-0.3, -0.25) is 0 Å². The molecule has 19 heavy (non-hydrogen) atoms. The second-order valence-corrected chi connectivity index (χ2v) is 4.72. The summed E-state index contributed by atoms with van der Waals surface area (Å²) in [5.74, 6) is -1.06. The minimum absolute atomic E-state index is 0.458. The summed E-state index contributed by atoms with van der Waals surface area (Å²) in [6.07, 6.45) is 0.458. The van der Waals surface area contributed by atoms with Crippen molar-refractivity contribution in [3.63, 3.8) is 0 Å². The molecular weight excluding hydrogens is 287 g/mol. The number of rotatable bonds is 8. The molecule has 1 rings (SSSR count). The SMILES string of the molecule is CCOC(Cc1ccc(Cl)c(Cl)c1)(OCC)OCC. The number of hydrogen-bond acceptors (Lipinski definition) is 3. The topological polar surface area (TPSA) is 27.7 Å². The molecule has 0 aliphatic carbocycles. The van der Waals surface area contributed by atoms with E-state index >= 15 is 0 Å². The quantitative estimate of drug-likeness (QED) is 0.670. The molecule has 0 aliphatic rings.